The minimum absolute atomic E-state index is 0.00937. The molecule has 0 spiro atoms. The van der Waals surface area contributed by atoms with Crippen LogP contribution in [-0.2, 0) is 9.53 Å². The van der Waals surface area contributed by atoms with Crippen molar-refractivity contribution in [1.82, 2.24) is 0 Å². The lowest BCUT2D eigenvalue weighted by Crippen LogP contribution is -2.20. The minimum atomic E-state index is -0.129. The number of carbonyl (C=O) groups excluding carboxylic acids is 1. The molecule has 0 aliphatic heterocycles. The summed E-state index contributed by atoms with van der Waals surface area (Å²) in [7, 11) is 0. The van der Waals surface area contributed by atoms with Crippen LogP contribution in [-0.4, -0.2) is 12.1 Å². The molecule has 0 amide bonds. The third-order valence-corrected chi connectivity index (χ3v) is 6.25. The number of esters is 1. The Kier molecular flexibility index (Phi) is 4.59. The van der Waals surface area contributed by atoms with E-state index in [4.69, 9.17) is 4.74 Å². The molecule has 1 unspecified atom stereocenters. The molecule has 0 radical (unpaired) electrons. The Bertz CT molecular complexity index is 624. The van der Waals surface area contributed by atoms with Crippen molar-refractivity contribution in [3.05, 3.63) is 47.6 Å². The van der Waals surface area contributed by atoms with Crippen molar-refractivity contribution in [3.63, 3.8) is 0 Å². The largest absolute Gasteiger partial charge is 0.457 e. The Balaban J connectivity index is 1.66. The zero-order valence-corrected chi connectivity index (χ0v) is 15.4. The molecular weight excluding hydrogens is 296 g/mol. The van der Waals surface area contributed by atoms with E-state index in [1.807, 2.05) is 6.08 Å². The van der Waals surface area contributed by atoms with Crippen LogP contribution in [0.4, 0.5) is 0 Å². The van der Waals surface area contributed by atoms with Gasteiger partial charge in [-0.25, -0.2) is 0 Å². The molecule has 2 nitrogen and oxygen atoms in total. The fraction of sp³-hybridized carbons (Fsp3) is 0.591. The highest BCUT2D eigenvalue weighted by atomic mass is 16.5. The molecular formula is C22H30O2. The third kappa shape index (κ3) is 3.03. The lowest BCUT2D eigenvalue weighted by Gasteiger charge is -2.14. The second-order valence-corrected chi connectivity index (χ2v) is 8.24. The second-order valence-electron chi connectivity index (χ2n) is 8.24. The van der Waals surface area contributed by atoms with Crippen molar-refractivity contribution in [2.75, 3.05) is 0 Å². The molecule has 3 rings (SSSR count). The van der Waals surface area contributed by atoms with Gasteiger partial charge < -0.3 is 4.74 Å². The van der Waals surface area contributed by atoms with E-state index < -0.39 is 0 Å². The van der Waals surface area contributed by atoms with Gasteiger partial charge in [0.15, 0.2) is 0 Å². The van der Waals surface area contributed by atoms with Gasteiger partial charge in [-0.3, -0.25) is 4.79 Å². The lowest BCUT2D eigenvalue weighted by atomic mass is 10.1. The number of allylic oxidation sites excluding steroid dienone is 4. The molecule has 3 aliphatic carbocycles. The van der Waals surface area contributed by atoms with Gasteiger partial charge >= 0.3 is 5.97 Å². The van der Waals surface area contributed by atoms with E-state index in [2.05, 4.69) is 40.0 Å². The van der Waals surface area contributed by atoms with Crippen molar-refractivity contribution < 1.29 is 9.53 Å². The molecule has 0 heterocycles. The Morgan fingerprint density at radius 3 is 2.62 bits per heavy atom. The molecule has 24 heavy (non-hydrogen) atoms. The van der Waals surface area contributed by atoms with Crippen molar-refractivity contribution in [1.29, 1.82) is 0 Å². The van der Waals surface area contributed by atoms with E-state index in [9.17, 15) is 4.79 Å². The maximum Gasteiger partial charge on any atom is 0.310 e. The summed E-state index contributed by atoms with van der Waals surface area (Å²) >= 11 is 0. The number of ether oxygens (including phenoxy) is 1. The molecule has 2 heteroatoms. The highest BCUT2D eigenvalue weighted by Gasteiger charge is 2.61. The van der Waals surface area contributed by atoms with Crippen LogP contribution in [0.5, 0.6) is 0 Å². The van der Waals surface area contributed by atoms with Crippen molar-refractivity contribution in [2.24, 2.45) is 17.3 Å². The second kappa shape index (κ2) is 6.38. The Morgan fingerprint density at radius 2 is 2.00 bits per heavy atom. The van der Waals surface area contributed by atoms with Gasteiger partial charge in [-0.05, 0) is 67.1 Å². The molecule has 0 aromatic heterocycles. The van der Waals surface area contributed by atoms with E-state index >= 15 is 0 Å². The summed E-state index contributed by atoms with van der Waals surface area (Å²) in [6, 6.07) is 0. The first-order valence-corrected chi connectivity index (χ1v) is 9.25. The zero-order valence-electron chi connectivity index (χ0n) is 15.4. The molecule has 0 aromatic rings. The number of hydrogen-bond donors (Lipinski definition) is 0. The molecule has 2 fully saturated rings. The monoisotopic (exact) mass is 326 g/mol. The average molecular weight is 326 g/mol. The number of carbonyl (C=O) groups is 1. The first-order chi connectivity index (χ1) is 11.4. The molecule has 2 saturated carbocycles. The van der Waals surface area contributed by atoms with Gasteiger partial charge in [-0.15, -0.1) is 6.58 Å². The molecule has 0 aromatic carbocycles. The van der Waals surface area contributed by atoms with Crippen molar-refractivity contribution >= 4 is 5.97 Å². The maximum absolute atomic E-state index is 12.8. The van der Waals surface area contributed by atoms with Crippen LogP contribution in [0.3, 0.4) is 0 Å². The molecule has 0 N–H and O–H groups in total. The number of rotatable bonds is 5. The predicted octanol–water partition coefficient (Wildman–Crippen LogP) is 5.52. The van der Waals surface area contributed by atoms with E-state index in [1.165, 1.54) is 31.3 Å². The topological polar surface area (TPSA) is 26.3 Å². The minimum Gasteiger partial charge on any atom is -0.457 e. The molecule has 3 atom stereocenters. The SMILES string of the molecule is C=CCC1=C(C)C(OC(=O)[C@@H]2[C@H](C=C3CCCC3)C2(C)C)CC1=C. The average Bonchev–Trinajstić information content (AvgIpc) is 2.87. The van der Waals surface area contributed by atoms with E-state index in [1.54, 1.807) is 5.57 Å². The molecule has 0 bridgehead atoms. The highest BCUT2D eigenvalue weighted by molar-refractivity contribution is 5.79. The van der Waals surface area contributed by atoms with Crippen molar-refractivity contribution in [2.45, 2.75) is 65.4 Å². The quantitative estimate of drug-likeness (QED) is 0.491. The Hall–Kier alpha value is -1.57. The van der Waals surface area contributed by atoms with E-state index in [0.717, 1.165) is 24.0 Å². The predicted molar refractivity (Wildman–Crippen MR) is 98.5 cm³/mol. The number of hydrogen-bond acceptors (Lipinski definition) is 2. The van der Waals surface area contributed by atoms with Crippen LogP contribution in [0, 0.1) is 17.3 Å². The first-order valence-electron chi connectivity index (χ1n) is 9.25. The van der Waals surface area contributed by atoms with Gasteiger partial charge in [0.25, 0.3) is 0 Å². The van der Waals surface area contributed by atoms with Gasteiger partial charge in [0.1, 0.15) is 6.10 Å². The summed E-state index contributed by atoms with van der Waals surface area (Å²) in [5.41, 5.74) is 5.02. The summed E-state index contributed by atoms with van der Waals surface area (Å²) in [6.07, 6.45) is 10.7. The van der Waals surface area contributed by atoms with Crippen LogP contribution in [0.25, 0.3) is 0 Å². The third-order valence-electron chi connectivity index (χ3n) is 6.25. The highest BCUT2D eigenvalue weighted by Crippen LogP contribution is 2.60. The summed E-state index contributed by atoms with van der Waals surface area (Å²) in [4.78, 5) is 12.8. The van der Waals surface area contributed by atoms with Crippen LogP contribution in [0.2, 0.25) is 0 Å². The van der Waals surface area contributed by atoms with Crippen LogP contribution >= 0.6 is 0 Å². The summed E-state index contributed by atoms with van der Waals surface area (Å²) in [5.74, 6) is 0.326. The van der Waals surface area contributed by atoms with E-state index in [-0.39, 0.29) is 23.4 Å². The van der Waals surface area contributed by atoms with Gasteiger partial charge in [0.05, 0.1) is 5.92 Å². The van der Waals surface area contributed by atoms with Crippen LogP contribution in [0.1, 0.15) is 59.3 Å². The summed E-state index contributed by atoms with van der Waals surface area (Å²) in [5, 5.41) is 0. The smallest absolute Gasteiger partial charge is 0.310 e. The maximum atomic E-state index is 12.8. The van der Waals surface area contributed by atoms with Gasteiger partial charge in [-0.1, -0.05) is 38.2 Å². The fourth-order valence-electron chi connectivity index (χ4n) is 4.46. The van der Waals surface area contributed by atoms with Crippen LogP contribution < -0.4 is 0 Å². The van der Waals surface area contributed by atoms with Gasteiger partial charge in [-0.2, -0.15) is 0 Å². The lowest BCUT2D eigenvalue weighted by molar-refractivity contribution is -0.149. The Morgan fingerprint density at radius 1 is 1.33 bits per heavy atom. The molecule has 0 saturated heterocycles. The van der Waals surface area contributed by atoms with Gasteiger partial charge in [0.2, 0.25) is 0 Å². The first kappa shape index (κ1) is 17.3. The zero-order chi connectivity index (χ0) is 17.5. The van der Waals surface area contributed by atoms with Crippen molar-refractivity contribution in [3.8, 4) is 0 Å². The van der Waals surface area contributed by atoms with Gasteiger partial charge in [0, 0.05) is 6.42 Å². The van der Waals surface area contributed by atoms with Crippen LogP contribution in [0.15, 0.2) is 47.6 Å². The van der Waals surface area contributed by atoms with E-state index in [0.29, 0.717) is 5.92 Å². The summed E-state index contributed by atoms with van der Waals surface area (Å²) < 4.78 is 5.90. The molecule has 130 valence electrons. The Labute approximate surface area is 146 Å². The normalized spacial score (nSPS) is 31.4. The standard InChI is InChI=1S/C22H30O2/c1-6-9-17-14(2)12-19(15(17)3)24-21(23)20-18(22(20,4)5)13-16-10-7-8-11-16/h6,13,18-20H,1-2,7-12H2,3-5H3/t18-,19?,20-/m0/s1. The summed E-state index contributed by atoms with van der Waals surface area (Å²) in [6.45, 7) is 14.4. The fourth-order valence-corrected chi connectivity index (χ4v) is 4.46. The molecule has 3 aliphatic rings.